The van der Waals surface area contributed by atoms with E-state index in [4.69, 9.17) is 4.74 Å². The smallest absolute Gasteiger partial charge is 0.378 e. The molecule has 0 spiro atoms. The van der Waals surface area contributed by atoms with Gasteiger partial charge in [-0.05, 0) is 37.3 Å². The van der Waals surface area contributed by atoms with Gasteiger partial charge in [-0.25, -0.2) is 19.8 Å². The number of pyridine rings is 1. The van der Waals surface area contributed by atoms with Crippen molar-refractivity contribution in [2.24, 2.45) is 5.10 Å². The van der Waals surface area contributed by atoms with E-state index in [1.54, 1.807) is 30.0 Å². The van der Waals surface area contributed by atoms with E-state index in [-0.39, 0.29) is 11.8 Å². The van der Waals surface area contributed by atoms with E-state index < -0.39 is 17.6 Å². The zero-order valence-corrected chi connectivity index (χ0v) is 18.1. The van der Waals surface area contributed by atoms with Crippen LogP contribution in [0.4, 0.5) is 40.7 Å². The Hall–Kier alpha value is -3.80. The monoisotopic (exact) mass is 475 g/mol. The van der Waals surface area contributed by atoms with Crippen molar-refractivity contribution in [3.05, 3.63) is 65.4 Å². The minimum absolute atomic E-state index is 0.124. The number of alkyl halides is 3. The van der Waals surface area contributed by atoms with Gasteiger partial charge in [-0.1, -0.05) is 6.07 Å². The van der Waals surface area contributed by atoms with E-state index in [1.165, 1.54) is 12.3 Å². The van der Waals surface area contributed by atoms with Gasteiger partial charge >= 0.3 is 6.18 Å². The molecule has 0 saturated carbocycles. The summed E-state index contributed by atoms with van der Waals surface area (Å²) in [7, 11) is 0. The molecule has 1 fully saturated rings. The zero-order chi connectivity index (χ0) is 24.1. The van der Waals surface area contributed by atoms with Crippen molar-refractivity contribution in [1.82, 2.24) is 15.0 Å². The van der Waals surface area contributed by atoms with Gasteiger partial charge in [-0.15, -0.1) is 0 Å². The molecule has 0 bridgehead atoms. The largest absolute Gasteiger partial charge is 0.416 e. The van der Waals surface area contributed by atoms with Crippen LogP contribution in [0, 0.1) is 12.7 Å². The molecule has 1 aliphatic heterocycles. The lowest BCUT2D eigenvalue weighted by molar-refractivity contribution is -0.137. The second kappa shape index (κ2) is 10.00. The maximum Gasteiger partial charge on any atom is 0.416 e. The SMILES string of the molecule is Cc1nc(/C=N\Nc2ncc(F)c(N3CCOCC3)n2)ccc1Nc1cccc(C(F)(F)F)c1. The summed E-state index contributed by atoms with van der Waals surface area (Å²) in [4.78, 5) is 14.2. The van der Waals surface area contributed by atoms with Gasteiger partial charge in [0.25, 0.3) is 0 Å². The molecule has 1 saturated heterocycles. The highest BCUT2D eigenvalue weighted by Crippen LogP contribution is 2.31. The topological polar surface area (TPSA) is 87.6 Å². The van der Waals surface area contributed by atoms with Crippen LogP contribution in [0.15, 0.2) is 47.7 Å². The number of aromatic nitrogens is 3. The predicted molar refractivity (Wildman–Crippen MR) is 120 cm³/mol. The van der Waals surface area contributed by atoms with E-state index in [0.717, 1.165) is 18.3 Å². The fraction of sp³-hybridized carbons (Fsp3) is 0.273. The first-order valence-electron chi connectivity index (χ1n) is 10.4. The number of benzene rings is 1. The van der Waals surface area contributed by atoms with Crippen LogP contribution in [0.2, 0.25) is 0 Å². The zero-order valence-electron chi connectivity index (χ0n) is 18.1. The Labute approximate surface area is 192 Å². The molecular weight excluding hydrogens is 454 g/mol. The van der Waals surface area contributed by atoms with E-state index in [1.807, 2.05) is 0 Å². The number of aryl methyl sites for hydroxylation is 1. The second-order valence-corrected chi connectivity index (χ2v) is 7.41. The Morgan fingerprint density at radius 3 is 2.65 bits per heavy atom. The van der Waals surface area contributed by atoms with Crippen LogP contribution in [-0.4, -0.2) is 47.5 Å². The van der Waals surface area contributed by atoms with Gasteiger partial charge in [0.1, 0.15) is 0 Å². The standard InChI is InChI=1S/C22H21F4N7O/c1-14-19(30-16-4-2-3-15(11-16)22(24,25)26)6-5-17(29-14)12-28-32-21-27-13-18(23)20(31-21)33-7-9-34-10-8-33/h2-6,11-13,30H,7-10H2,1H3,(H,27,31,32)/b28-12-. The van der Waals surface area contributed by atoms with Crippen molar-refractivity contribution in [1.29, 1.82) is 0 Å². The first-order chi connectivity index (χ1) is 16.3. The lowest BCUT2D eigenvalue weighted by Crippen LogP contribution is -2.37. The van der Waals surface area contributed by atoms with Gasteiger partial charge in [0, 0.05) is 18.8 Å². The first-order valence-corrected chi connectivity index (χ1v) is 10.4. The molecule has 3 heterocycles. The van der Waals surface area contributed by atoms with Gasteiger partial charge < -0.3 is 15.0 Å². The molecule has 3 aromatic rings. The quantitative estimate of drug-likeness (QED) is 0.311. The Morgan fingerprint density at radius 2 is 1.91 bits per heavy atom. The fourth-order valence-corrected chi connectivity index (χ4v) is 3.28. The molecule has 0 aliphatic carbocycles. The van der Waals surface area contributed by atoms with E-state index in [9.17, 15) is 17.6 Å². The van der Waals surface area contributed by atoms with Crippen LogP contribution >= 0.6 is 0 Å². The molecule has 0 radical (unpaired) electrons. The molecule has 2 N–H and O–H groups in total. The molecule has 0 atom stereocenters. The number of hydrogen-bond donors (Lipinski definition) is 2. The highest BCUT2D eigenvalue weighted by molar-refractivity contribution is 5.78. The first kappa shape index (κ1) is 23.4. The number of hydrazone groups is 1. The van der Waals surface area contributed by atoms with Crippen molar-refractivity contribution in [3.8, 4) is 0 Å². The lowest BCUT2D eigenvalue weighted by Gasteiger charge is -2.27. The number of nitrogens with one attached hydrogen (secondary N) is 2. The second-order valence-electron chi connectivity index (χ2n) is 7.41. The fourth-order valence-electron chi connectivity index (χ4n) is 3.28. The van der Waals surface area contributed by atoms with Crippen molar-refractivity contribution < 1.29 is 22.3 Å². The maximum atomic E-state index is 14.1. The van der Waals surface area contributed by atoms with Crippen LogP contribution in [-0.2, 0) is 10.9 Å². The number of hydrogen-bond acceptors (Lipinski definition) is 8. The van der Waals surface area contributed by atoms with Crippen molar-refractivity contribution >= 4 is 29.4 Å². The van der Waals surface area contributed by atoms with Crippen LogP contribution in [0.25, 0.3) is 0 Å². The van der Waals surface area contributed by atoms with Crippen LogP contribution in [0.3, 0.4) is 0 Å². The van der Waals surface area contributed by atoms with Gasteiger partial charge in [0.15, 0.2) is 11.6 Å². The average Bonchev–Trinajstić information content (AvgIpc) is 2.82. The molecule has 0 unspecified atom stereocenters. The molecule has 0 amide bonds. The van der Waals surface area contributed by atoms with E-state index in [0.29, 0.717) is 49.1 Å². The number of rotatable bonds is 6. The number of nitrogens with zero attached hydrogens (tertiary/aromatic N) is 5. The Bertz CT molecular complexity index is 1180. The highest BCUT2D eigenvalue weighted by atomic mass is 19.4. The Morgan fingerprint density at radius 1 is 1.12 bits per heavy atom. The van der Waals surface area contributed by atoms with Crippen LogP contribution in [0.1, 0.15) is 17.0 Å². The van der Waals surface area contributed by atoms with E-state index in [2.05, 4.69) is 30.8 Å². The predicted octanol–water partition coefficient (Wildman–Crippen LogP) is 4.36. The van der Waals surface area contributed by atoms with Gasteiger partial charge in [-0.3, -0.25) is 0 Å². The summed E-state index contributed by atoms with van der Waals surface area (Å²) in [6.07, 6.45) is -1.91. The summed E-state index contributed by atoms with van der Waals surface area (Å²) in [5, 5.41) is 6.99. The molecule has 34 heavy (non-hydrogen) atoms. The normalized spacial score (nSPS) is 14.4. The number of morpholine rings is 1. The minimum atomic E-state index is -4.42. The van der Waals surface area contributed by atoms with Gasteiger partial charge in [-0.2, -0.15) is 23.3 Å². The average molecular weight is 475 g/mol. The van der Waals surface area contributed by atoms with Crippen molar-refractivity contribution in [2.45, 2.75) is 13.1 Å². The Balaban J connectivity index is 1.41. The summed E-state index contributed by atoms with van der Waals surface area (Å²) in [6.45, 7) is 3.77. The maximum absolute atomic E-state index is 14.1. The van der Waals surface area contributed by atoms with Crippen LogP contribution in [0.5, 0.6) is 0 Å². The van der Waals surface area contributed by atoms with Crippen molar-refractivity contribution in [2.75, 3.05) is 41.9 Å². The summed E-state index contributed by atoms with van der Waals surface area (Å²) < 4.78 is 58.1. The third-order valence-corrected chi connectivity index (χ3v) is 4.97. The highest BCUT2D eigenvalue weighted by Gasteiger charge is 2.30. The summed E-state index contributed by atoms with van der Waals surface area (Å²) in [6, 6.07) is 8.27. The molecule has 1 aliphatic rings. The lowest BCUT2D eigenvalue weighted by atomic mass is 10.2. The Kier molecular flexibility index (Phi) is 6.87. The number of halogens is 4. The minimum Gasteiger partial charge on any atom is -0.378 e. The summed E-state index contributed by atoms with van der Waals surface area (Å²) >= 11 is 0. The van der Waals surface area contributed by atoms with E-state index >= 15 is 0 Å². The molecule has 2 aromatic heterocycles. The molecule has 12 heteroatoms. The third kappa shape index (κ3) is 5.76. The summed E-state index contributed by atoms with van der Waals surface area (Å²) in [5.74, 6) is -0.230. The number of anilines is 4. The van der Waals surface area contributed by atoms with Crippen LogP contribution < -0.4 is 15.6 Å². The van der Waals surface area contributed by atoms with Gasteiger partial charge in [0.05, 0.1) is 48.3 Å². The number of ether oxygens (including phenoxy) is 1. The third-order valence-electron chi connectivity index (χ3n) is 4.97. The molecule has 8 nitrogen and oxygen atoms in total. The molecule has 178 valence electrons. The molecule has 4 rings (SSSR count). The van der Waals surface area contributed by atoms with Crippen molar-refractivity contribution in [3.63, 3.8) is 0 Å². The van der Waals surface area contributed by atoms with Gasteiger partial charge in [0.2, 0.25) is 5.95 Å². The molecular formula is C22H21F4N7O. The summed E-state index contributed by atoms with van der Waals surface area (Å²) in [5.41, 5.74) is 3.83. The molecule has 1 aromatic carbocycles.